The van der Waals surface area contributed by atoms with Crippen LogP contribution in [0, 0.1) is 11.2 Å². The predicted octanol–water partition coefficient (Wildman–Crippen LogP) is 2.10. The van der Waals surface area contributed by atoms with Crippen LogP contribution in [-0.4, -0.2) is 17.3 Å². The summed E-state index contributed by atoms with van der Waals surface area (Å²) in [6.07, 6.45) is 0.470. The van der Waals surface area contributed by atoms with Gasteiger partial charge in [-0.1, -0.05) is 26.0 Å². The maximum atomic E-state index is 12.7. The second-order valence-corrected chi connectivity index (χ2v) is 5.17. The van der Waals surface area contributed by atoms with Gasteiger partial charge in [0.1, 0.15) is 5.82 Å². The van der Waals surface area contributed by atoms with Gasteiger partial charge < -0.3 is 10.8 Å². The monoisotopic (exact) mass is 225 g/mol. The molecule has 0 fully saturated rings. The van der Waals surface area contributed by atoms with E-state index in [0.717, 1.165) is 5.56 Å². The van der Waals surface area contributed by atoms with E-state index in [9.17, 15) is 9.50 Å². The molecule has 1 aromatic rings. The molecule has 0 aliphatic heterocycles. The predicted molar refractivity (Wildman–Crippen MR) is 63.6 cm³/mol. The molecule has 1 atom stereocenters. The van der Waals surface area contributed by atoms with Crippen molar-refractivity contribution in [3.8, 4) is 0 Å². The van der Waals surface area contributed by atoms with Crippen LogP contribution in [-0.2, 0) is 6.42 Å². The van der Waals surface area contributed by atoms with Gasteiger partial charge in [0.15, 0.2) is 0 Å². The Hall–Kier alpha value is -0.930. The highest BCUT2D eigenvalue weighted by Gasteiger charge is 2.38. The van der Waals surface area contributed by atoms with E-state index in [1.54, 1.807) is 19.1 Å². The maximum absolute atomic E-state index is 12.7. The fourth-order valence-electron chi connectivity index (χ4n) is 1.46. The topological polar surface area (TPSA) is 46.2 Å². The lowest BCUT2D eigenvalue weighted by atomic mass is 9.73. The minimum absolute atomic E-state index is 0.263. The average molecular weight is 225 g/mol. The SMILES string of the molecule is CC(C)(CN)C(C)(O)Cc1ccc(F)cc1. The van der Waals surface area contributed by atoms with Gasteiger partial charge in [-0.2, -0.15) is 0 Å². The van der Waals surface area contributed by atoms with Crippen LogP contribution < -0.4 is 5.73 Å². The van der Waals surface area contributed by atoms with Crippen molar-refractivity contribution in [1.29, 1.82) is 0 Å². The highest BCUT2D eigenvalue weighted by atomic mass is 19.1. The first-order valence-corrected chi connectivity index (χ1v) is 5.45. The van der Waals surface area contributed by atoms with Gasteiger partial charge in [-0.05, 0) is 24.6 Å². The van der Waals surface area contributed by atoms with E-state index in [1.165, 1.54) is 12.1 Å². The average Bonchev–Trinajstić information content (AvgIpc) is 2.21. The normalized spacial score (nSPS) is 15.9. The molecule has 0 aliphatic rings. The Morgan fingerprint density at radius 3 is 2.12 bits per heavy atom. The molecule has 0 aliphatic carbocycles. The van der Waals surface area contributed by atoms with Gasteiger partial charge in [0.25, 0.3) is 0 Å². The Morgan fingerprint density at radius 1 is 1.19 bits per heavy atom. The Kier molecular flexibility index (Phi) is 3.71. The summed E-state index contributed by atoms with van der Waals surface area (Å²) in [4.78, 5) is 0. The molecule has 3 heteroatoms. The smallest absolute Gasteiger partial charge is 0.123 e. The van der Waals surface area contributed by atoms with Gasteiger partial charge in [0, 0.05) is 18.4 Å². The van der Waals surface area contributed by atoms with Gasteiger partial charge in [-0.15, -0.1) is 0 Å². The van der Waals surface area contributed by atoms with Crippen LogP contribution in [0.1, 0.15) is 26.3 Å². The summed E-state index contributed by atoms with van der Waals surface area (Å²) >= 11 is 0. The van der Waals surface area contributed by atoms with Crippen molar-refractivity contribution < 1.29 is 9.50 Å². The van der Waals surface area contributed by atoms with Gasteiger partial charge in [0.05, 0.1) is 5.60 Å². The summed E-state index contributed by atoms with van der Waals surface area (Å²) in [6, 6.07) is 6.19. The molecule has 0 radical (unpaired) electrons. The third-order valence-corrected chi connectivity index (χ3v) is 3.43. The standard InChI is InChI=1S/C13H20FNO/c1-12(2,9-15)13(3,16)8-10-4-6-11(14)7-5-10/h4-7,16H,8-9,15H2,1-3H3. The van der Waals surface area contributed by atoms with Crippen LogP contribution >= 0.6 is 0 Å². The van der Waals surface area contributed by atoms with Crippen molar-refractivity contribution in [2.75, 3.05) is 6.54 Å². The lowest BCUT2D eigenvalue weighted by molar-refractivity contribution is -0.0456. The molecule has 1 unspecified atom stereocenters. The zero-order chi connectivity index (χ0) is 12.4. The molecule has 0 saturated carbocycles. The number of hydrogen-bond donors (Lipinski definition) is 2. The van der Waals surface area contributed by atoms with Crippen LogP contribution in [0.25, 0.3) is 0 Å². The molecule has 0 bridgehead atoms. The first-order valence-electron chi connectivity index (χ1n) is 5.45. The molecule has 0 heterocycles. The highest BCUT2D eigenvalue weighted by Crippen LogP contribution is 2.32. The van der Waals surface area contributed by atoms with E-state index in [4.69, 9.17) is 5.73 Å². The number of hydrogen-bond acceptors (Lipinski definition) is 2. The van der Waals surface area contributed by atoms with E-state index in [1.807, 2.05) is 13.8 Å². The molecule has 0 spiro atoms. The Morgan fingerprint density at radius 2 is 1.69 bits per heavy atom. The molecule has 0 amide bonds. The van der Waals surface area contributed by atoms with E-state index in [-0.39, 0.29) is 11.2 Å². The number of benzene rings is 1. The van der Waals surface area contributed by atoms with E-state index in [0.29, 0.717) is 13.0 Å². The summed E-state index contributed by atoms with van der Waals surface area (Å²) in [5.41, 5.74) is 5.28. The molecular weight excluding hydrogens is 205 g/mol. The number of nitrogens with two attached hydrogens (primary N) is 1. The summed E-state index contributed by atoms with van der Waals surface area (Å²) in [5.74, 6) is -0.263. The molecule has 1 aromatic carbocycles. The minimum atomic E-state index is -0.903. The lowest BCUT2D eigenvalue weighted by Crippen LogP contribution is -2.48. The Bertz CT molecular complexity index is 343. The largest absolute Gasteiger partial charge is 0.389 e. The fraction of sp³-hybridized carbons (Fsp3) is 0.538. The summed E-state index contributed by atoms with van der Waals surface area (Å²) in [5, 5.41) is 10.4. The van der Waals surface area contributed by atoms with Gasteiger partial charge >= 0.3 is 0 Å². The first-order chi connectivity index (χ1) is 7.28. The van der Waals surface area contributed by atoms with Crippen molar-refractivity contribution in [3.05, 3.63) is 35.6 Å². The third kappa shape index (κ3) is 2.80. The zero-order valence-corrected chi connectivity index (χ0v) is 10.1. The quantitative estimate of drug-likeness (QED) is 0.824. The molecule has 3 N–H and O–H groups in total. The van der Waals surface area contributed by atoms with E-state index in [2.05, 4.69) is 0 Å². The lowest BCUT2D eigenvalue weighted by Gasteiger charge is -2.39. The number of halogens is 1. The molecule has 1 rings (SSSR count). The number of aliphatic hydroxyl groups is 1. The minimum Gasteiger partial charge on any atom is -0.389 e. The number of rotatable bonds is 4. The first kappa shape index (κ1) is 13.1. The fourth-order valence-corrected chi connectivity index (χ4v) is 1.46. The summed E-state index contributed by atoms with van der Waals surface area (Å²) < 4.78 is 12.7. The van der Waals surface area contributed by atoms with Gasteiger partial charge in [-0.3, -0.25) is 0 Å². The van der Waals surface area contributed by atoms with Gasteiger partial charge in [-0.25, -0.2) is 4.39 Å². The maximum Gasteiger partial charge on any atom is 0.123 e. The second-order valence-electron chi connectivity index (χ2n) is 5.17. The molecule has 2 nitrogen and oxygen atoms in total. The van der Waals surface area contributed by atoms with Crippen molar-refractivity contribution in [2.45, 2.75) is 32.8 Å². The van der Waals surface area contributed by atoms with Crippen LogP contribution in [0.4, 0.5) is 4.39 Å². The summed E-state index contributed by atoms with van der Waals surface area (Å²) in [6.45, 7) is 6.03. The third-order valence-electron chi connectivity index (χ3n) is 3.43. The van der Waals surface area contributed by atoms with E-state index < -0.39 is 5.60 Å². The zero-order valence-electron chi connectivity index (χ0n) is 10.1. The Balaban J connectivity index is 2.84. The Labute approximate surface area is 96.3 Å². The van der Waals surface area contributed by atoms with Crippen molar-refractivity contribution >= 4 is 0 Å². The van der Waals surface area contributed by atoms with Gasteiger partial charge in [0.2, 0.25) is 0 Å². The molecule has 16 heavy (non-hydrogen) atoms. The van der Waals surface area contributed by atoms with E-state index >= 15 is 0 Å². The van der Waals surface area contributed by atoms with Crippen molar-refractivity contribution in [2.24, 2.45) is 11.1 Å². The molecule has 0 aromatic heterocycles. The van der Waals surface area contributed by atoms with Crippen LogP contribution in [0.5, 0.6) is 0 Å². The van der Waals surface area contributed by atoms with Crippen molar-refractivity contribution in [1.82, 2.24) is 0 Å². The van der Waals surface area contributed by atoms with Crippen LogP contribution in [0.3, 0.4) is 0 Å². The summed E-state index contributed by atoms with van der Waals surface area (Å²) in [7, 11) is 0. The van der Waals surface area contributed by atoms with Crippen molar-refractivity contribution in [3.63, 3.8) is 0 Å². The highest BCUT2D eigenvalue weighted by molar-refractivity contribution is 5.19. The molecule has 90 valence electrons. The molecule has 0 saturated heterocycles. The van der Waals surface area contributed by atoms with Crippen LogP contribution in [0.2, 0.25) is 0 Å². The second kappa shape index (κ2) is 4.52. The molecular formula is C13H20FNO. The van der Waals surface area contributed by atoms with Crippen LogP contribution in [0.15, 0.2) is 24.3 Å².